The van der Waals surface area contributed by atoms with Gasteiger partial charge in [0.2, 0.25) is 0 Å². The predicted molar refractivity (Wildman–Crippen MR) is 161 cm³/mol. The Morgan fingerprint density at radius 3 is 1.75 bits per heavy atom. The molecule has 2 aliphatic rings. The third kappa shape index (κ3) is 12.4. The molecular formula is C32H28B2N2O4Rb2Rh2-2. The molecule has 44 heavy (non-hydrogen) atoms. The summed E-state index contributed by atoms with van der Waals surface area (Å²) in [5.41, 5.74) is 5.77. The van der Waals surface area contributed by atoms with Gasteiger partial charge < -0.3 is 33.6 Å². The fourth-order valence-electron chi connectivity index (χ4n) is 4.21. The van der Waals surface area contributed by atoms with E-state index in [9.17, 15) is 0 Å². The molecule has 12 heteroatoms. The number of rotatable bonds is 4. The number of nitrogens with zero attached hydrogens (tertiary/aromatic N) is 2. The van der Waals surface area contributed by atoms with E-state index in [1.807, 2.05) is 37.9 Å². The summed E-state index contributed by atoms with van der Waals surface area (Å²) in [5, 5.41) is 0. The van der Waals surface area contributed by atoms with E-state index < -0.39 is 0 Å². The molecule has 0 N–H and O–H groups in total. The van der Waals surface area contributed by atoms with Crippen molar-refractivity contribution < 1.29 is 174 Å². The maximum absolute atomic E-state index is 6.90. The molecule has 0 fully saturated rings. The summed E-state index contributed by atoms with van der Waals surface area (Å²) in [6.07, 6.45) is 0. The van der Waals surface area contributed by atoms with Crippen LogP contribution in [-0.4, -0.2) is 13.8 Å². The second-order valence-corrected chi connectivity index (χ2v) is 8.86. The van der Waals surface area contributed by atoms with Gasteiger partial charge in [-0.1, -0.05) is 37.9 Å². The standard InChI is InChI=1S/2C15H11BNO2.2CH3.2Rb.2Rh/c2*1-16-15-8-7-14(9-11(15)10-18-16)19-13-5-3-12(17-2)4-6-13;;;;;;/h3-6,8-9H,10H2,1H3;3-8H,10H2,1H3;2*1H3;;;;/q4*-1;2*+1;;. The molecule has 0 atom stereocenters. The molecule has 6 nitrogen and oxygen atoms in total. The van der Waals surface area contributed by atoms with E-state index >= 15 is 0 Å². The minimum Gasteiger partial charge on any atom is -0.483 e. The molecular weight excluding hydrogens is 875 g/mol. The van der Waals surface area contributed by atoms with E-state index in [2.05, 4.69) is 21.8 Å². The normalized spacial score (nSPS) is 11.2. The summed E-state index contributed by atoms with van der Waals surface area (Å²) >= 11 is 0. The molecule has 0 unspecified atom stereocenters. The van der Waals surface area contributed by atoms with Gasteiger partial charge in [0.1, 0.15) is 11.5 Å². The van der Waals surface area contributed by atoms with Crippen LogP contribution in [0.5, 0.6) is 23.0 Å². The zero-order valence-electron chi connectivity index (χ0n) is 25.7. The fraction of sp³-hybridized carbons (Fsp3) is 0.125. The molecule has 2 aliphatic heterocycles. The topological polar surface area (TPSA) is 45.6 Å². The van der Waals surface area contributed by atoms with Crippen molar-refractivity contribution in [1.29, 1.82) is 0 Å². The van der Waals surface area contributed by atoms with Crippen LogP contribution >= 0.6 is 0 Å². The molecule has 0 aliphatic carbocycles. The van der Waals surface area contributed by atoms with Crippen LogP contribution in [0.4, 0.5) is 11.4 Å². The van der Waals surface area contributed by atoms with Crippen LogP contribution in [0.2, 0.25) is 13.6 Å². The Morgan fingerprint density at radius 1 is 0.705 bits per heavy atom. The van der Waals surface area contributed by atoms with Crippen molar-refractivity contribution in [2.75, 3.05) is 0 Å². The number of fused-ring (bicyclic) bond motifs is 2. The van der Waals surface area contributed by atoms with Crippen molar-refractivity contribution in [3.8, 4) is 23.0 Å². The Kier molecular flexibility index (Phi) is 24.1. The molecule has 0 amide bonds. The molecule has 2 heterocycles. The van der Waals surface area contributed by atoms with E-state index in [1.165, 1.54) is 10.9 Å². The Hall–Kier alpha value is 0.367. The van der Waals surface area contributed by atoms with E-state index in [4.69, 9.17) is 31.9 Å². The Balaban J connectivity index is 0. The molecule has 4 aromatic carbocycles. The second kappa shape index (κ2) is 22.8. The summed E-state index contributed by atoms with van der Waals surface area (Å²) in [5.74, 6) is 2.75. The monoisotopic (exact) mass is 902 g/mol. The Labute approximate surface area is 386 Å². The Morgan fingerprint density at radius 2 is 1.20 bits per heavy atom. The van der Waals surface area contributed by atoms with Crippen molar-refractivity contribution >= 4 is 36.1 Å². The average molecular weight is 903 g/mol. The largest absolute Gasteiger partial charge is 1.00 e. The summed E-state index contributed by atoms with van der Waals surface area (Å²) in [6, 6.07) is 28.2. The van der Waals surface area contributed by atoms with Gasteiger partial charge in [0.25, 0.3) is 13.8 Å². The van der Waals surface area contributed by atoms with Crippen LogP contribution in [-0.2, 0) is 61.5 Å². The van der Waals surface area contributed by atoms with Crippen LogP contribution in [0.15, 0.2) is 72.8 Å². The average Bonchev–Trinajstić information content (AvgIpc) is 3.51. The molecule has 0 saturated carbocycles. The van der Waals surface area contributed by atoms with Crippen LogP contribution in [0.25, 0.3) is 9.69 Å². The summed E-state index contributed by atoms with van der Waals surface area (Å²) in [6.45, 7) is 19.4. The van der Waals surface area contributed by atoms with Crippen molar-refractivity contribution in [3.05, 3.63) is 134 Å². The van der Waals surface area contributed by atoms with Crippen molar-refractivity contribution in [1.82, 2.24) is 0 Å². The molecule has 4 aromatic rings. The van der Waals surface area contributed by atoms with Gasteiger partial charge in [-0.2, -0.15) is 12.1 Å². The number of benzene rings is 4. The van der Waals surface area contributed by atoms with Crippen LogP contribution < -0.4 is 137 Å². The SMILES string of the molecule is [C-]#[N+]c1ccc(Oc2[c-]c3c(cc2)B(C)OC3)cc1.[C-]#[N+]c1ccc(Oc2[c-]cc3c(c2)COB3C)cc1.[CH3-].[CH3-].[Rb+].[Rb+].[Rh].[Rh]. The Bertz CT molecular complexity index is 1430. The van der Waals surface area contributed by atoms with E-state index in [0.29, 0.717) is 47.6 Å². The molecule has 6 rings (SSSR count). The first-order valence-electron chi connectivity index (χ1n) is 12.2. The van der Waals surface area contributed by atoms with Gasteiger partial charge in [-0.15, -0.1) is 46.3 Å². The van der Waals surface area contributed by atoms with Crippen molar-refractivity contribution in [3.63, 3.8) is 0 Å². The third-order valence-corrected chi connectivity index (χ3v) is 6.31. The van der Waals surface area contributed by atoms with Crippen molar-refractivity contribution in [2.24, 2.45) is 0 Å². The van der Waals surface area contributed by atoms with E-state index in [-0.39, 0.29) is 184 Å². The minimum atomic E-state index is 0. The smallest absolute Gasteiger partial charge is 0.483 e. The van der Waals surface area contributed by atoms with Crippen molar-refractivity contribution in [2.45, 2.75) is 26.9 Å². The summed E-state index contributed by atoms with van der Waals surface area (Å²) < 4.78 is 22.5. The minimum absolute atomic E-state index is 0. The van der Waals surface area contributed by atoms with E-state index in [0.717, 1.165) is 11.1 Å². The molecule has 0 saturated heterocycles. The zero-order valence-corrected chi connectivity index (χ0v) is 38.8. The first-order valence-corrected chi connectivity index (χ1v) is 12.2. The third-order valence-electron chi connectivity index (χ3n) is 6.31. The van der Waals surface area contributed by atoms with Crippen LogP contribution in [0, 0.1) is 40.1 Å². The van der Waals surface area contributed by atoms with Gasteiger partial charge in [0.15, 0.2) is 11.4 Å². The maximum atomic E-state index is 6.90. The van der Waals surface area contributed by atoms with Gasteiger partial charge in [0.05, 0.1) is 13.1 Å². The quantitative estimate of drug-likeness (QED) is 0.229. The van der Waals surface area contributed by atoms with Gasteiger partial charge >= 0.3 is 116 Å². The molecule has 0 spiro atoms. The molecule has 2 radical (unpaired) electrons. The number of ether oxygens (including phenoxy) is 2. The summed E-state index contributed by atoms with van der Waals surface area (Å²) in [7, 11) is 0. The fourth-order valence-corrected chi connectivity index (χ4v) is 4.21. The maximum Gasteiger partial charge on any atom is 1.00 e. The van der Waals surface area contributed by atoms with E-state index in [1.54, 1.807) is 48.5 Å². The zero-order chi connectivity index (χ0) is 26.5. The molecule has 0 aromatic heterocycles. The first-order chi connectivity index (χ1) is 18.5. The van der Waals surface area contributed by atoms with Crippen LogP contribution in [0.1, 0.15) is 11.1 Å². The first kappa shape index (κ1) is 46.5. The van der Waals surface area contributed by atoms with Gasteiger partial charge in [-0.25, -0.2) is 9.69 Å². The number of hydrogen-bond donors (Lipinski definition) is 0. The summed E-state index contributed by atoms with van der Waals surface area (Å²) in [4.78, 5) is 6.69. The molecule has 218 valence electrons. The van der Waals surface area contributed by atoms with Gasteiger partial charge in [-0.3, -0.25) is 0 Å². The van der Waals surface area contributed by atoms with Gasteiger partial charge in [0, 0.05) is 63.7 Å². The number of hydrogen-bond acceptors (Lipinski definition) is 4. The van der Waals surface area contributed by atoms with Gasteiger partial charge in [-0.05, 0) is 24.3 Å². The molecule has 0 bridgehead atoms. The van der Waals surface area contributed by atoms with Crippen LogP contribution in [0.3, 0.4) is 0 Å². The predicted octanol–water partition coefficient (Wildman–Crippen LogP) is 1.28. The second-order valence-electron chi connectivity index (χ2n) is 8.86.